The molecular formula is C23H21FO6. The Morgan fingerprint density at radius 2 is 2.07 bits per heavy atom. The van der Waals surface area contributed by atoms with Crippen LogP contribution in [0.2, 0.25) is 0 Å². The molecule has 3 aliphatic heterocycles. The fraction of sp³-hybridized carbons (Fsp3) is 0.348. The lowest BCUT2D eigenvalue weighted by Crippen LogP contribution is -2.43. The highest BCUT2D eigenvalue weighted by molar-refractivity contribution is 6.06. The molecule has 0 fully saturated rings. The van der Waals surface area contributed by atoms with Gasteiger partial charge < -0.3 is 24.1 Å². The average Bonchev–Trinajstić information content (AvgIpc) is 2.70. The Hall–Kier alpha value is -3.06. The summed E-state index contributed by atoms with van der Waals surface area (Å²) in [6.07, 6.45) is 0.764. The molecule has 156 valence electrons. The van der Waals surface area contributed by atoms with Gasteiger partial charge in [0, 0.05) is 11.1 Å². The summed E-state index contributed by atoms with van der Waals surface area (Å²) in [4.78, 5) is 13.5. The molecule has 6 nitrogen and oxygen atoms in total. The summed E-state index contributed by atoms with van der Waals surface area (Å²) in [5, 5.41) is 9.56. The van der Waals surface area contributed by atoms with Gasteiger partial charge >= 0.3 is 0 Å². The van der Waals surface area contributed by atoms with Crippen molar-refractivity contribution in [2.24, 2.45) is 0 Å². The maximum Gasteiger partial charge on any atom is 0.178 e. The number of hydrogen-bond acceptors (Lipinski definition) is 6. The molecule has 30 heavy (non-hydrogen) atoms. The second-order valence-corrected chi connectivity index (χ2v) is 8.18. The van der Waals surface area contributed by atoms with Crippen LogP contribution in [0.15, 0.2) is 30.3 Å². The van der Waals surface area contributed by atoms with Gasteiger partial charge in [-0.1, -0.05) is 0 Å². The lowest BCUT2D eigenvalue weighted by atomic mass is 9.80. The number of halogens is 1. The molecule has 0 aliphatic carbocycles. The van der Waals surface area contributed by atoms with Gasteiger partial charge in [-0.15, -0.1) is 0 Å². The summed E-state index contributed by atoms with van der Waals surface area (Å²) in [6, 6.07) is 6.61. The molecule has 7 heteroatoms. The number of aliphatic hydroxyl groups excluding tert-OH is 1. The van der Waals surface area contributed by atoms with E-state index in [0.29, 0.717) is 33.9 Å². The van der Waals surface area contributed by atoms with Gasteiger partial charge in [0.25, 0.3) is 0 Å². The van der Waals surface area contributed by atoms with E-state index in [9.17, 15) is 14.3 Å². The quantitative estimate of drug-likeness (QED) is 0.811. The normalized spacial score (nSPS) is 22.8. The van der Waals surface area contributed by atoms with Gasteiger partial charge in [-0.25, -0.2) is 4.39 Å². The van der Waals surface area contributed by atoms with E-state index < -0.39 is 23.4 Å². The van der Waals surface area contributed by atoms with Crippen molar-refractivity contribution < 1.29 is 33.2 Å². The molecule has 0 spiro atoms. The van der Waals surface area contributed by atoms with E-state index in [0.717, 1.165) is 0 Å². The second-order valence-electron chi connectivity index (χ2n) is 8.18. The van der Waals surface area contributed by atoms with Gasteiger partial charge in [-0.05, 0) is 44.2 Å². The van der Waals surface area contributed by atoms with Crippen molar-refractivity contribution in [2.75, 3.05) is 13.7 Å². The fourth-order valence-corrected chi connectivity index (χ4v) is 4.38. The molecule has 2 atom stereocenters. The number of ketones is 1. The molecule has 0 unspecified atom stereocenters. The van der Waals surface area contributed by atoms with Crippen LogP contribution in [0.25, 0.3) is 5.83 Å². The number of aliphatic hydroxyl groups is 1. The zero-order valence-corrected chi connectivity index (χ0v) is 16.8. The lowest BCUT2D eigenvalue weighted by molar-refractivity contribution is 0.0551. The molecule has 3 heterocycles. The fourth-order valence-electron chi connectivity index (χ4n) is 4.38. The Balaban J connectivity index is 1.63. The van der Waals surface area contributed by atoms with E-state index in [2.05, 4.69) is 0 Å². The van der Waals surface area contributed by atoms with Crippen LogP contribution in [0, 0.1) is 0 Å². The first-order valence-corrected chi connectivity index (χ1v) is 9.73. The molecule has 2 aromatic carbocycles. The van der Waals surface area contributed by atoms with E-state index in [4.69, 9.17) is 18.9 Å². The number of rotatable bonds is 2. The smallest absolute Gasteiger partial charge is 0.178 e. The summed E-state index contributed by atoms with van der Waals surface area (Å²) >= 11 is 0. The maximum absolute atomic E-state index is 15.0. The summed E-state index contributed by atoms with van der Waals surface area (Å²) in [5.74, 6) is 0.241. The van der Waals surface area contributed by atoms with Crippen molar-refractivity contribution in [3.05, 3.63) is 52.6 Å². The zero-order valence-electron chi connectivity index (χ0n) is 16.8. The van der Waals surface area contributed by atoms with Gasteiger partial charge in [0.1, 0.15) is 47.1 Å². The Labute approximate surface area is 172 Å². The van der Waals surface area contributed by atoms with E-state index in [1.807, 2.05) is 0 Å². The van der Waals surface area contributed by atoms with Crippen LogP contribution >= 0.6 is 0 Å². The summed E-state index contributed by atoms with van der Waals surface area (Å²) in [7, 11) is 1.50. The highest BCUT2D eigenvalue weighted by Crippen LogP contribution is 2.50. The first kappa shape index (κ1) is 18.9. The Morgan fingerprint density at radius 3 is 2.80 bits per heavy atom. The molecule has 3 aliphatic rings. The second kappa shape index (κ2) is 6.47. The van der Waals surface area contributed by atoms with Gasteiger partial charge in [0.05, 0.1) is 30.8 Å². The first-order valence-electron chi connectivity index (χ1n) is 9.73. The minimum absolute atomic E-state index is 0.126. The first-order chi connectivity index (χ1) is 14.3. The average molecular weight is 411 g/mol. The van der Waals surface area contributed by atoms with E-state index in [1.165, 1.54) is 13.2 Å². The molecule has 1 N–H and O–H groups in total. The summed E-state index contributed by atoms with van der Waals surface area (Å²) < 4.78 is 38.1. The van der Waals surface area contributed by atoms with Crippen LogP contribution in [0.5, 0.6) is 23.0 Å². The van der Waals surface area contributed by atoms with Gasteiger partial charge in [0.2, 0.25) is 0 Å². The van der Waals surface area contributed by atoms with Gasteiger partial charge in [-0.2, -0.15) is 0 Å². The Morgan fingerprint density at radius 1 is 1.27 bits per heavy atom. The molecule has 0 saturated carbocycles. The highest BCUT2D eigenvalue weighted by atomic mass is 18.2. The molecular weight excluding hydrogens is 390 g/mol. The van der Waals surface area contributed by atoms with Crippen molar-refractivity contribution in [1.29, 1.82) is 0 Å². The largest absolute Gasteiger partial charge is 0.496 e. The molecule has 0 bridgehead atoms. The minimum Gasteiger partial charge on any atom is -0.496 e. The molecule has 0 radical (unpaired) electrons. The third-order valence-electron chi connectivity index (χ3n) is 5.72. The standard InChI is InChI=1S/C23H21FO6/c1-23(2)8-14(24)20-15(30-23)5-4-12-21(26)19-13-7-16(27-3)11(9-25)6-17(13)28-10-18(19)29-22(12)20/h4-8,18-19,25H,9-10H2,1-3H3/t18-,19+/m1/s1/i24-1. The predicted molar refractivity (Wildman–Crippen MR) is 106 cm³/mol. The maximum atomic E-state index is 15.0. The number of benzene rings is 2. The van der Waals surface area contributed by atoms with Crippen LogP contribution in [-0.2, 0) is 6.61 Å². The van der Waals surface area contributed by atoms with Crippen molar-refractivity contribution >= 4 is 11.6 Å². The molecule has 0 saturated heterocycles. The van der Waals surface area contributed by atoms with Gasteiger partial charge in [-0.3, -0.25) is 4.79 Å². The minimum atomic E-state index is -0.791. The molecule has 0 amide bonds. The number of carbonyl (C=O) groups excluding carboxylic acids is 1. The van der Waals surface area contributed by atoms with E-state index in [1.54, 1.807) is 38.1 Å². The van der Waals surface area contributed by atoms with Crippen LogP contribution in [0.1, 0.15) is 46.8 Å². The van der Waals surface area contributed by atoms with E-state index in [-0.39, 0.29) is 30.3 Å². The zero-order chi connectivity index (χ0) is 21.2. The van der Waals surface area contributed by atoms with Gasteiger partial charge in [0.15, 0.2) is 5.78 Å². The molecule has 5 rings (SSSR count). The number of Topliss-reactive ketones (excluding diaryl/α,β-unsaturated/α-hetero) is 1. The summed E-state index contributed by atoms with van der Waals surface area (Å²) in [6.45, 7) is 3.44. The third-order valence-corrected chi connectivity index (χ3v) is 5.72. The van der Waals surface area contributed by atoms with E-state index >= 15 is 0 Å². The Kier molecular flexibility index (Phi) is 4.08. The lowest BCUT2D eigenvalue weighted by Gasteiger charge is -2.39. The van der Waals surface area contributed by atoms with Crippen LogP contribution in [0.3, 0.4) is 0 Å². The van der Waals surface area contributed by atoms with Crippen molar-refractivity contribution in [1.82, 2.24) is 0 Å². The van der Waals surface area contributed by atoms with Crippen LogP contribution < -0.4 is 18.9 Å². The summed E-state index contributed by atoms with van der Waals surface area (Å²) in [5.41, 5.74) is 0.875. The van der Waals surface area contributed by atoms with Crippen molar-refractivity contribution in [2.45, 2.75) is 38.1 Å². The number of fused-ring (bicyclic) bond motifs is 6. The molecule has 0 aromatic heterocycles. The topological polar surface area (TPSA) is 74.2 Å². The Bertz CT molecular complexity index is 1100. The van der Waals surface area contributed by atoms with Crippen LogP contribution in [-0.4, -0.2) is 36.3 Å². The number of hydrogen-bond donors (Lipinski definition) is 1. The number of methoxy groups -OCH3 is 1. The number of carbonyl (C=O) groups is 1. The number of ether oxygens (including phenoxy) is 4. The molecule has 2 aromatic rings. The highest BCUT2D eigenvalue weighted by Gasteiger charge is 2.45. The van der Waals surface area contributed by atoms with Crippen LogP contribution in [0.4, 0.5) is 4.39 Å². The SMILES string of the molecule is COc1cc2c(cc1CO)OC[C@H]1Oc3c(ccc4c3C([18F])=CC(C)(C)O4)C(=O)[C@@H]21. The predicted octanol–water partition coefficient (Wildman–Crippen LogP) is 3.79. The van der Waals surface area contributed by atoms with Crippen molar-refractivity contribution in [3.63, 3.8) is 0 Å². The monoisotopic (exact) mass is 411 g/mol. The van der Waals surface area contributed by atoms with Crippen molar-refractivity contribution in [3.8, 4) is 23.0 Å². The third kappa shape index (κ3) is 2.69.